The minimum Gasteiger partial charge on any atom is -0.340 e. The fourth-order valence-electron chi connectivity index (χ4n) is 3.83. The zero-order valence-corrected chi connectivity index (χ0v) is 15.1. The van der Waals surface area contributed by atoms with E-state index in [1.165, 1.54) is 0 Å². The van der Waals surface area contributed by atoms with Gasteiger partial charge in [0.05, 0.1) is 22.5 Å². The second kappa shape index (κ2) is 6.56. The van der Waals surface area contributed by atoms with E-state index in [4.69, 9.17) is 0 Å². The first-order chi connectivity index (χ1) is 13.7. The third-order valence-electron chi connectivity index (χ3n) is 5.21. The van der Waals surface area contributed by atoms with Crippen molar-refractivity contribution in [3.8, 4) is 0 Å². The quantitative estimate of drug-likeness (QED) is 0.592. The van der Waals surface area contributed by atoms with Crippen LogP contribution in [0.15, 0.2) is 53.3 Å². The molecule has 1 unspecified atom stereocenters. The molecule has 0 radical (unpaired) electrons. The van der Waals surface area contributed by atoms with Crippen molar-refractivity contribution in [3.05, 3.63) is 64.7 Å². The molecule has 2 aromatic heterocycles. The number of carbonyl (C=O) groups is 1. The molecule has 1 amide bonds. The highest BCUT2D eigenvalue weighted by Gasteiger charge is 2.32. The molecule has 1 aliphatic heterocycles. The summed E-state index contributed by atoms with van der Waals surface area (Å²) in [6, 6.07) is 14.7. The molecule has 1 saturated heterocycles. The summed E-state index contributed by atoms with van der Waals surface area (Å²) >= 11 is 0. The normalized spacial score (nSPS) is 16.9. The highest BCUT2D eigenvalue weighted by molar-refractivity contribution is 5.79. The second-order valence-corrected chi connectivity index (χ2v) is 6.95. The molecule has 8 heteroatoms. The average molecular weight is 374 g/mol. The van der Waals surface area contributed by atoms with E-state index in [0.29, 0.717) is 17.4 Å². The van der Waals surface area contributed by atoms with Crippen molar-refractivity contribution >= 4 is 27.8 Å². The Kier molecular flexibility index (Phi) is 3.89. The number of aromatic nitrogens is 5. The van der Waals surface area contributed by atoms with Crippen LogP contribution in [-0.2, 0) is 11.3 Å². The summed E-state index contributed by atoms with van der Waals surface area (Å²) in [6.07, 6.45) is 1.73. The molecule has 1 atom stereocenters. The van der Waals surface area contributed by atoms with Gasteiger partial charge in [-0.1, -0.05) is 29.5 Å². The van der Waals surface area contributed by atoms with E-state index in [9.17, 15) is 9.59 Å². The van der Waals surface area contributed by atoms with E-state index in [2.05, 4.69) is 20.3 Å². The van der Waals surface area contributed by atoms with Gasteiger partial charge in [0.1, 0.15) is 17.9 Å². The molecule has 0 spiro atoms. The number of nitrogens with zero attached hydrogens (tertiary/aromatic N) is 5. The fourth-order valence-corrected chi connectivity index (χ4v) is 3.83. The zero-order chi connectivity index (χ0) is 19.1. The molecule has 1 aliphatic rings. The van der Waals surface area contributed by atoms with Gasteiger partial charge in [-0.2, -0.15) is 0 Å². The standard InChI is InChI=1S/C20H18N6O2/c27-18(12-26-20(28)13-6-1-2-7-14(13)23-24-26)25-11-5-10-17(25)19-21-15-8-3-4-9-16(15)22-19/h1-4,6-9,17H,5,10-12H2,(H,21,22). The lowest BCUT2D eigenvalue weighted by Gasteiger charge is -2.23. The summed E-state index contributed by atoms with van der Waals surface area (Å²) in [5, 5.41) is 8.44. The predicted molar refractivity (Wildman–Crippen MR) is 104 cm³/mol. The third-order valence-corrected chi connectivity index (χ3v) is 5.21. The van der Waals surface area contributed by atoms with Crippen LogP contribution in [-0.4, -0.2) is 42.3 Å². The van der Waals surface area contributed by atoms with Crippen LogP contribution in [0.1, 0.15) is 24.7 Å². The Morgan fingerprint density at radius 1 is 1.11 bits per heavy atom. The van der Waals surface area contributed by atoms with Crippen molar-refractivity contribution in [2.45, 2.75) is 25.4 Å². The third kappa shape index (κ3) is 2.74. The maximum atomic E-state index is 13.0. The van der Waals surface area contributed by atoms with Crippen LogP contribution in [0.3, 0.4) is 0 Å². The first-order valence-corrected chi connectivity index (χ1v) is 9.27. The lowest BCUT2D eigenvalue weighted by atomic mass is 10.2. The van der Waals surface area contributed by atoms with Crippen molar-refractivity contribution in [1.82, 2.24) is 29.9 Å². The van der Waals surface area contributed by atoms with E-state index in [0.717, 1.165) is 34.4 Å². The number of H-pyrrole nitrogens is 1. The van der Waals surface area contributed by atoms with Crippen LogP contribution in [0.5, 0.6) is 0 Å². The molecule has 8 nitrogen and oxygen atoms in total. The van der Waals surface area contributed by atoms with Crippen LogP contribution >= 0.6 is 0 Å². The van der Waals surface area contributed by atoms with Crippen molar-refractivity contribution in [3.63, 3.8) is 0 Å². The van der Waals surface area contributed by atoms with Gasteiger partial charge >= 0.3 is 0 Å². The van der Waals surface area contributed by atoms with Crippen molar-refractivity contribution in [2.75, 3.05) is 6.54 Å². The Labute approximate surface area is 159 Å². The van der Waals surface area contributed by atoms with Gasteiger partial charge in [-0.25, -0.2) is 9.67 Å². The van der Waals surface area contributed by atoms with Gasteiger partial charge < -0.3 is 9.88 Å². The number of imidazole rings is 1. The first-order valence-electron chi connectivity index (χ1n) is 9.27. The van der Waals surface area contributed by atoms with Crippen LogP contribution in [0.2, 0.25) is 0 Å². The van der Waals surface area contributed by atoms with E-state index in [1.54, 1.807) is 29.2 Å². The number of fused-ring (bicyclic) bond motifs is 2. The number of rotatable bonds is 3. The van der Waals surface area contributed by atoms with Crippen molar-refractivity contribution in [2.24, 2.45) is 0 Å². The molecule has 140 valence electrons. The van der Waals surface area contributed by atoms with Crippen molar-refractivity contribution in [1.29, 1.82) is 0 Å². The fraction of sp³-hybridized carbons (Fsp3) is 0.250. The summed E-state index contributed by atoms with van der Waals surface area (Å²) in [6.45, 7) is 0.504. The Morgan fingerprint density at radius 2 is 1.89 bits per heavy atom. The summed E-state index contributed by atoms with van der Waals surface area (Å²) in [5.74, 6) is 0.624. The van der Waals surface area contributed by atoms with Gasteiger partial charge in [0.15, 0.2) is 0 Å². The number of benzene rings is 2. The maximum Gasteiger partial charge on any atom is 0.278 e. The molecule has 1 N–H and O–H groups in total. The molecule has 28 heavy (non-hydrogen) atoms. The highest BCUT2D eigenvalue weighted by atomic mass is 16.2. The summed E-state index contributed by atoms with van der Waals surface area (Å²) in [7, 11) is 0. The molecule has 1 fully saturated rings. The van der Waals surface area contributed by atoms with Gasteiger partial charge in [0.25, 0.3) is 5.56 Å². The van der Waals surface area contributed by atoms with Gasteiger partial charge in [0.2, 0.25) is 5.91 Å². The van der Waals surface area contributed by atoms with Crippen LogP contribution < -0.4 is 5.56 Å². The number of hydrogen-bond acceptors (Lipinski definition) is 5. The molecular formula is C20H18N6O2. The molecule has 5 rings (SSSR count). The molecule has 3 heterocycles. The molecule has 0 saturated carbocycles. The minimum absolute atomic E-state index is 0.121. The Morgan fingerprint density at radius 3 is 2.75 bits per heavy atom. The summed E-state index contributed by atoms with van der Waals surface area (Å²) < 4.78 is 1.14. The van der Waals surface area contributed by atoms with Crippen molar-refractivity contribution < 1.29 is 4.79 Å². The van der Waals surface area contributed by atoms with Crippen LogP contribution in [0.25, 0.3) is 21.9 Å². The number of likely N-dealkylation sites (tertiary alicyclic amines) is 1. The largest absolute Gasteiger partial charge is 0.340 e. The monoisotopic (exact) mass is 374 g/mol. The van der Waals surface area contributed by atoms with Gasteiger partial charge in [0, 0.05) is 6.54 Å². The Bertz CT molecular complexity index is 1210. The molecule has 0 bridgehead atoms. The predicted octanol–water partition coefficient (Wildman–Crippen LogP) is 2.03. The minimum atomic E-state index is -0.307. The van der Waals surface area contributed by atoms with E-state index < -0.39 is 0 Å². The highest BCUT2D eigenvalue weighted by Crippen LogP contribution is 2.31. The Hall–Kier alpha value is -3.55. The number of hydrogen-bond donors (Lipinski definition) is 1. The molecule has 4 aromatic rings. The number of aromatic amines is 1. The van der Waals surface area contributed by atoms with Crippen LogP contribution in [0.4, 0.5) is 0 Å². The number of amides is 1. The van der Waals surface area contributed by atoms with Gasteiger partial charge in [-0.15, -0.1) is 5.10 Å². The average Bonchev–Trinajstić information content (AvgIpc) is 3.37. The zero-order valence-electron chi connectivity index (χ0n) is 15.1. The van der Waals surface area contributed by atoms with Gasteiger partial charge in [-0.3, -0.25) is 9.59 Å². The Balaban J connectivity index is 1.43. The SMILES string of the molecule is O=C(Cn1nnc2ccccc2c1=O)N1CCCC1c1nc2ccccc2[nH]1. The lowest BCUT2D eigenvalue weighted by molar-refractivity contribution is -0.133. The number of nitrogens with one attached hydrogen (secondary N) is 1. The van der Waals surface area contributed by atoms with Crippen LogP contribution in [0, 0.1) is 0 Å². The lowest BCUT2D eigenvalue weighted by Crippen LogP contribution is -2.37. The maximum absolute atomic E-state index is 13.0. The number of carbonyl (C=O) groups excluding carboxylic acids is 1. The molecular weight excluding hydrogens is 356 g/mol. The van der Waals surface area contributed by atoms with E-state index >= 15 is 0 Å². The first kappa shape index (κ1) is 16.6. The van der Waals surface area contributed by atoms with E-state index in [-0.39, 0.29) is 24.1 Å². The summed E-state index contributed by atoms with van der Waals surface area (Å²) in [4.78, 5) is 35.3. The molecule has 0 aliphatic carbocycles. The number of para-hydroxylation sites is 2. The van der Waals surface area contributed by atoms with Gasteiger partial charge in [-0.05, 0) is 37.1 Å². The van der Waals surface area contributed by atoms with E-state index in [1.807, 2.05) is 24.3 Å². The topological polar surface area (TPSA) is 96.8 Å². The summed E-state index contributed by atoms with van der Waals surface area (Å²) in [5.41, 5.74) is 2.05. The smallest absolute Gasteiger partial charge is 0.278 e. The second-order valence-electron chi connectivity index (χ2n) is 6.95. The molecule has 2 aromatic carbocycles.